The van der Waals surface area contributed by atoms with E-state index in [1.165, 1.54) is 17.3 Å². The first-order valence-electron chi connectivity index (χ1n) is 6.78. The third kappa shape index (κ3) is 2.47. The van der Waals surface area contributed by atoms with Crippen molar-refractivity contribution in [1.82, 2.24) is 14.6 Å². The van der Waals surface area contributed by atoms with Crippen LogP contribution in [0, 0.1) is 6.92 Å². The van der Waals surface area contributed by atoms with Gasteiger partial charge in [-0.1, -0.05) is 24.8 Å². The van der Waals surface area contributed by atoms with Gasteiger partial charge in [0.2, 0.25) is 5.91 Å². The third-order valence-corrected chi connectivity index (χ3v) is 4.39. The highest BCUT2D eigenvalue weighted by molar-refractivity contribution is 7.99. The van der Waals surface area contributed by atoms with Gasteiger partial charge in [0.15, 0.2) is 10.8 Å². The Morgan fingerprint density at radius 1 is 1.33 bits per heavy atom. The smallest absolute Gasteiger partial charge is 0.227 e. The van der Waals surface area contributed by atoms with E-state index >= 15 is 0 Å². The van der Waals surface area contributed by atoms with Gasteiger partial charge in [0.1, 0.15) is 0 Å². The number of pyridine rings is 1. The summed E-state index contributed by atoms with van der Waals surface area (Å²) < 4.78 is 2.00. The average molecular weight is 300 g/mol. The van der Waals surface area contributed by atoms with Crippen molar-refractivity contribution in [2.75, 3.05) is 5.75 Å². The largest absolute Gasteiger partial charge is 0.369 e. The highest BCUT2D eigenvalue weighted by Gasteiger charge is 2.13. The first-order chi connectivity index (χ1) is 10.1. The maximum Gasteiger partial charge on any atom is 0.227 e. The Kier molecular flexibility index (Phi) is 3.55. The molecule has 5 nitrogen and oxygen atoms in total. The molecule has 3 aromatic rings. The van der Waals surface area contributed by atoms with E-state index in [-0.39, 0.29) is 11.7 Å². The molecule has 1 amide bonds. The Hall–Kier alpha value is -2.08. The molecule has 0 aliphatic heterocycles. The second-order valence-electron chi connectivity index (χ2n) is 4.97. The van der Waals surface area contributed by atoms with E-state index in [0.717, 1.165) is 28.5 Å². The van der Waals surface area contributed by atoms with Crippen LogP contribution in [-0.4, -0.2) is 26.3 Å². The molecule has 0 radical (unpaired) electrons. The van der Waals surface area contributed by atoms with E-state index in [0.29, 0.717) is 5.16 Å². The quantitative estimate of drug-likeness (QED) is 0.751. The molecular formula is C15H16N4OS. The van der Waals surface area contributed by atoms with Gasteiger partial charge in [0, 0.05) is 0 Å². The number of aryl methyl sites for hydroxylation is 2. The average Bonchev–Trinajstić information content (AvgIpc) is 2.89. The van der Waals surface area contributed by atoms with Crippen LogP contribution in [0.4, 0.5) is 0 Å². The highest BCUT2D eigenvalue weighted by atomic mass is 32.2. The lowest BCUT2D eigenvalue weighted by atomic mass is 10.1. The number of amides is 1. The van der Waals surface area contributed by atoms with Crippen LogP contribution in [0.15, 0.2) is 29.4 Å². The highest BCUT2D eigenvalue weighted by Crippen LogP contribution is 2.26. The number of nitrogens with two attached hydrogens (primary N) is 1. The Labute approximate surface area is 126 Å². The summed E-state index contributed by atoms with van der Waals surface area (Å²) in [4.78, 5) is 11.0. The summed E-state index contributed by atoms with van der Waals surface area (Å²) in [6.45, 7) is 4.16. The molecular weight excluding hydrogens is 284 g/mol. The van der Waals surface area contributed by atoms with Crippen molar-refractivity contribution in [1.29, 1.82) is 0 Å². The van der Waals surface area contributed by atoms with Gasteiger partial charge in [0.25, 0.3) is 0 Å². The molecule has 2 aromatic heterocycles. The number of carbonyl (C=O) groups is 1. The SMILES string of the molecule is CCc1ccc2c(c1)cc(C)c1nnc(SCC(N)=O)n12. The minimum absolute atomic E-state index is 0.198. The van der Waals surface area contributed by atoms with Crippen molar-refractivity contribution in [3.05, 3.63) is 35.4 Å². The minimum Gasteiger partial charge on any atom is -0.369 e. The summed E-state index contributed by atoms with van der Waals surface area (Å²) in [6, 6.07) is 8.50. The summed E-state index contributed by atoms with van der Waals surface area (Å²) in [5.41, 5.74) is 9.44. The Bertz CT molecular complexity index is 840. The predicted octanol–water partition coefficient (Wildman–Crippen LogP) is 2.33. The molecule has 0 saturated heterocycles. The number of benzene rings is 1. The van der Waals surface area contributed by atoms with E-state index in [1.54, 1.807) is 0 Å². The van der Waals surface area contributed by atoms with Crippen molar-refractivity contribution in [2.45, 2.75) is 25.4 Å². The standard InChI is InChI=1S/C15H16N4OS/c1-3-10-4-5-12-11(7-10)6-9(2)14-17-18-15(19(12)14)21-8-13(16)20/h4-7H,3,8H2,1-2H3,(H2,16,20). The lowest BCUT2D eigenvalue weighted by Gasteiger charge is -2.08. The van der Waals surface area contributed by atoms with Crippen molar-refractivity contribution in [3.8, 4) is 0 Å². The Morgan fingerprint density at radius 2 is 2.14 bits per heavy atom. The van der Waals surface area contributed by atoms with Gasteiger partial charge in [0.05, 0.1) is 11.3 Å². The normalized spacial score (nSPS) is 11.3. The van der Waals surface area contributed by atoms with Crippen molar-refractivity contribution in [2.24, 2.45) is 5.73 Å². The number of thioether (sulfide) groups is 1. The molecule has 3 rings (SSSR count). The summed E-state index contributed by atoms with van der Waals surface area (Å²) in [5, 5.41) is 10.3. The van der Waals surface area contributed by atoms with Gasteiger partial charge in [-0.3, -0.25) is 9.20 Å². The van der Waals surface area contributed by atoms with E-state index in [9.17, 15) is 4.79 Å². The summed E-state index contributed by atoms with van der Waals surface area (Å²) in [5.74, 6) is -0.162. The number of nitrogens with zero attached hydrogens (tertiary/aromatic N) is 3. The minimum atomic E-state index is -0.359. The molecule has 0 aliphatic carbocycles. The predicted molar refractivity (Wildman–Crippen MR) is 84.5 cm³/mol. The number of hydrogen-bond acceptors (Lipinski definition) is 4. The molecule has 0 saturated carbocycles. The van der Waals surface area contributed by atoms with Crippen LogP contribution in [-0.2, 0) is 11.2 Å². The van der Waals surface area contributed by atoms with Crippen LogP contribution in [0.2, 0.25) is 0 Å². The second kappa shape index (κ2) is 5.37. The number of fused-ring (bicyclic) bond motifs is 3. The maximum atomic E-state index is 11.0. The summed E-state index contributed by atoms with van der Waals surface area (Å²) >= 11 is 1.31. The van der Waals surface area contributed by atoms with Gasteiger partial charge in [-0.2, -0.15) is 0 Å². The van der Waals surface area contributed by atoms with Crippen LogP contribution < -0.4 is 5.73 Å². The molecule has 2 heterocycles. The van der Waals surface area contributed by atoms with Crippen molar-refractivity contribution in [3.63, 3.8) is 0 Å². The molecule has 21 heavy (non-hydrogen) atoms. The van der Waals surface area contributed by atoms with Crippen molar-refractivity contribution >= 4 is 34.2 Å². The van der Waals surface area contributed by atoms with E-state index in [4.69, 9.17) is 5.73 Å². The van der Waals surface area contributed by atoms with Gasteiger partial charge >= 0.3 is 0 Å². The molecule has 108 valence electrons. The van der Waals surface area contributed by atoms with Crippen molar-refractivity contribution < 1.29 is 4.79 Å². The zero-order valence-electron chi connectivity index (χ0n) is 12.0. The van der Waals surface area contributed by atoms with Gasteiger partial charge < -0.3 is 5.73 Å². The first-order valence-corrected chi connectivity index (χ1v) is 7.77. The molecule has 0 unspecified atom stereocenters. The Balaban J connectivity index is 2.24. The fourth-order valence-corrected chi connectivity index (χ4v) is 3.10. The maximum absolute atomic E-state index is 11.0. The number of hydrogen-bond donors (Lipinski definition) is 1. The van der Waals surface area contributed by atoms with E-state index in [1.807, 2.05) is 11.3 Å². The summed E-state index contributed by atoms with van der Waals surface area (Å²) in [7, 11) is 0. The summed E-state index contributed by atoms with van der Waals surface area (Å²) in [6.07, 6.45) is 0.998. The van der Waals surface area contributed by atoms with Crippen LogP contribution in [0.1, 0.15) is 18.1 Å². The van der Waals surface area contributed by atoms with Gasteiger partial charge in [-0.05, 0) is 48.1 Å². The van der Waals surface area contributed by atoms with Gasteiger partial charge in [-0.15, -0.1) is 10.2 Å². The fourth-order valence-electron chi connectivity index (χ4n) is 2.41. The lowest BCUT2D eigenvalue weighted by Crippen LogP contribution is -2.13. The topological polar surface area (TPSA) is 73.3 Å². The third-order valence-electron chi connectivity index (χ3n) is 3.44. The molecule has 0 fully saturated rings. The van der Waals surface area contributed by atoms with Crippen LogP contribution in [0.25, 0.3) is 16.6 Å². The monoisotopic (exact) mass is 300 g/mol. The molecule has 0 aliphatic rings. The Morgan fingerprint density at radius 3 is 2.86 bits per heavy atom. The number of aromatic nitrogens is 3. The number of carbonyl (C=O) groups excluding carboxylic acids is 1. The van der Waals surface area contributed by atoms with Crippen LogP contribution in [0.3, 0.4) is 0 Å². The zero-order chi connectivity index (χ0) is 15.0. The lowest BCUT2D eigenvalue weighted by molar-refractivity contribution is -0.115. The van der Waals surface area contributed by atoms with Crippen LogP contribution in [0.5, 0.6) is 0 Å². The first kappa shape index (κ1) is 13.9. The van der Waals surface area contributed by atoms with E-state index in [2.05, 4.69) is 41.4 Å². The molecule has 0 bridgehead atoms. The number of primary amides is 1. The second-order valence-corrected chi connectivity index (χ2v) is 5.91. The molecule has 1 aromatic carbocycles. The molecule has 6 heteroatoms. The van der Waals surface area contributed by atoms with Gasteiger partial charge in [-0.25, -0.2) is 0 Å². The van der Waals surface area contributed by atoms with Crippen LogP contribution >= 0.6 is 11.8 Å². The molecule has 0 atom stereocenters. The van der Waals surface area contributed by atoms with E-state index < -0.39 is 0 Å². The zero-order valence-corrected chi connectivity index (χ0v) is 12.8. The molecule has 0 spiro atoms. The number of rotatable bonds is 4. The fraction of sp³-hybridized carbons (Fsp3) is 0.267. The molecule has 2 N–H and O–H groups in total.